The van der Waals surface area contributed by atoms with Crippen LogP contribution in [0.5, 0.6) is 0 Å². The molecular formula is C21H19ClFN3O2S. The first-order valence-corrected chi connectivity index (χ1v) is 10.4. The average molecular weight is 432 g/mol. The molecule has 0 saturated carbocycles. The van der Waals surface area contributed by atoms with E-state index >= 15 is 0 Å². The molecule has 1 amide bonds. The molecule has 2 heterocycles. The first kappa shape index (κ1) is 20.0. The molecule has 2 aromatic carbocycles. The van der Waals surface area contributed by atoms with Crippen molar-refractivity contribution in [2.75, 3.05) is 31.6 Å². The van der Waals surface area contributed by atoms with Gasteiger partial charge in [-0.3, -0.25) is 15.0 Å². The van der Waals surface area contributed by atoms with E-state index in [4.69, 9.17) is 16.3 Å². The third-order valence-corrected chi connectivity index (χ3v) is 5.90. The Kier molecular flexibility index (Phi) is 6.20. The number of anilines is 1. The predicted molar refractivity (Wildman–Crippen MR) is 113 cm³/mol. The molecule has 5 nitrogen and oxygen atoms in total. The number of thiazole rings is 1. The maximum atomic E-state index is 14.1. The lowest BCUT2D eigenvalue weighted by atomic mass is 10.1. The summed E-state index contributed by atoms with van der Waals surface area (Å²) in [6, 6.07) is 14.0. The number of morpholine rings is 1. The number of rotatable bonds is 5. The molecule has 0 aliphatic carbocycles. The Bertz CT molecular complexity index is 986. The highest BCUT2D eigenvalue weighted by molar-refractivity contribution is 7.16. The van der Waals surface area contributed by atoms with Gasteiger partial charge in [-0.25, -0.2) is 9.37 Å². The number of ether oxygens (including phenoxy) is 1. The standard InChI is InChI=1S/C21H19ClFN3O2S/c22-15-7-4-8-16(23)18(15)20(27)25-21-24-19(14-5-2-1-3-6-14)17(29-21)13-26-9-11-28-12-10-26/h1-8H,9-13H2,(H,24,25,27). The zero-order valence-electron chi connectivity index (χ0n) is 15.5. The van der Waals surface area contributed by atoms with Crippen LogP contribution >= 0.6 is 22.9 Å². The van der Waals surface area contributed by atoms with Gasteiger partial charge in [0.1, 0.15) is 5.82 Å². The molecule has 1 aliphatic heterocycles. The summed E-state index contributed by atoms with van der Waals surface area (Å²) in [4.78, 5) is 20.6. The SMILES string of the molecule is O=C(Nc1nc(-c2ccccc2)c(CN2CCOCC2)s1)c1c(F)cccc1Cl. The second-order valence-electron chi connectivity index (χ2n) is 6.60. The van der Waals surface area contributed by atoms with Crippen LogP contribution in [0.15, 0.2) is 48.5 Å². The monoisotopic (exact) mass is 431 g/mol. The number of amides is 1. The van der Waals surface area contributed by atoms with Crippen LogP contribution in [0.3, 0.4) is 0 Å². The van der Waals surface area contributed by atoms with Crippen LogP contribution in [-0.2, 0) is 11.3 Å². The second-order valence-corrected chi connectivity index (χ2v) is 8.09. The van der Waals surface area contributed by atoms with Gasteiger partial charge in [-0.05, 0) is 12.1 Å². The van der Waals surface area contributed by atoms with Gasteiger partial charge in [-0.1, -0.05) is 59.3 Å². The summed E-state index contributed by atoms with van der Waals surface area (Å²) in [5.41, 5.74) is 1.61. The molecule has 1 aliphatic rings. The Morgan fingerprint density at radius 2 is 1.93 bits per heavy atom. The fraction of sp³-hybridized carbons (Fsp3) is 0.238. The number of aromatic nitrogens is 1. The van der Waals surface area contributed by atoms with E-state index in [9.17, 15) is 9.18 Å². The van der Waals surface area contributed by atoms with Crippen molar-refractivity contribution in [1.82, 2.24) is 9.88 Å². The molecule has 4 rings (SSSR count). The summed E-state index contributed by atoms with van der Waals surface area (Å²) in [5, 5.41) is 3.19. The van der Waals surface area contributed by atoms with Gasteiger partial charge >= 0.3 is 0 Å². The lowest BCUT2D eigenvalue weighted by Crippen LogP contribution is -2.35. The van der Waals surface area contributed by atoms with Gasteiger partial charge in [0, 0.05) is 30.1 Å². The molecule has 0 bridgehead atoms. The maximum absolute atomic E-state index is 14.1. The van der Waals surface area contributed by atoms with Crippen molar-refractivity contribution in [2.45, 2.75) is 6.54 Å². The first-order valence-electron chi connectivity index (χ1n) is 9.22. The normalized spacial score (nSPS) is 14.7. The van der Waals surface area contributed by atoms with E-state index in [0.29, 0.717) is 24.9 Å². The summed E-state index contributed by atoms with van der Waals surface area (Å²) >= 11 is 7.41. The molecular weight excluding hydrogens is 413 g/mol. The number of carbonyl (C=O) groups excluding carboxylic acids is 1. The van der Waals surface area contributed by atoms with Crippen molar-refractivity contribution in [1.29, 1.82) is 0 Å². The number of hydrogen-bond acceptors (Lipinski definition) is 5. The van der Waals surface area contributed by atoms with E-state index in [1.54, 1.807) is 0 Å². The van der Waals surface area contributed by atoms with Gasteiger partial charge < -0.3 is 4.74 Å². The summed E-state index contributed by atoms with van der Waals surface area (Å²) in [7, 11) is 0. The van der Waals surface area contributed by atoms with Crippen molar-refractivity contribution in [3.8, 4) is 11.3 Å². The number of nitrogens with one attached hydrogen (secondary N) is 1. The van der Waals surface area contributed by atoms with Gasteiger partial charge in [0.05, 0.1) is 29.5 Å². The maximum Gasteiger partial charge on any atom is 0.261 e. The van der Waals surface area contributed by atoms with Crippen LogP contribution in [0.2, 0.25) is 5.02 Å². The second kappa shape index (κ2) is 9.00. The van der Waals surface area contributed by atoms with Gasteiger partial charge in [-0.15, -0.1) is 0 Å². The van der Waals surface area contributed by atoms with Crippen LogP contribution in [0.1, 0.15) is 15.2 Å². The predicted octanol–water partition coefficient (Wildman–Crippen LogP) is 4.69. The van der Waals surface area contributed by atoms with E-state index in [2.05, 4.69) is 15.2 Å². The highest BCUT2D eigenvalue weighted by Crippen LogP contribution is 2.33. The van der Waals surface area contributed by atoms with Crippen molar-refractivity contribution >= 4 is 34.0 Å². The molecule has 1 fully saturated rings. The molecule has 1 N–H and O–H groups in total. The zero-order valence-corrected chi connectivity index (χ0v) is 17.1. The summed E-state index contributed by atoms with van der Waals surface area (Å²) in [5.74, 6) is -1.28. The fourth-order valence-electron chi connectivity index (χ4n) is 3.17. The molecule has 0 spiro atoms. The number of halogens is 2. The van der Waals surface area contributed by atoms with Crippen molar-refractivity contribution < 1.29 is 13.9 Å². The Balaban J connectivity index is 1.63. The van der Waals surface area contributed by atoms with Crippen LogP contribution < -0.4 is 5.32 Å². The highest BCUT2D eigenvalue weighted by Gasteiger charge is 2.21. The number of carbonyl (C=O) groups is 1. The Morgan fingerprint density at radius 3 is 2.66 bits per heavy atom. The molecule has 8 heteroatoms. The van der Waals surface area contributed by atoms with Crippen molar-refractivity contribution in [2.24, 2.45) is 0 Å². The van der Waals surface area contributed by atoms with Crippen molar-refractivity contribution in [3.63, 3.8) is 0 Å². The quantitative estimate of drug-likeness (QED) is 0.637. The minimum absolute atomic E-state index is 0.0656. The molecule has 0 atom stereocenters. The largest absolute Gasteiger partial charge is 0.379 e. The lowest BCUT2D eigenvalue weighted by molar-refractivity contribution is 0.0347. The van der Waals surface area contributed by atoms with Gasteiger partial charge in [-0.2, -0.15) is 0 Å². The van der Waals surface area contributed by atoms with E-state index in [-0.39, 0.29) is 10.6 Å². The van der Waals surface area contributed by atoms with E-state index in [1.807, 2.05) is 30.3 Å². The first-order chi connectivity index (χ1) is 14.1. The van der Waals surface area contributed by atoms with E-state index in [1.165, 1.54) is 29.5 Å². The molecule has 3 aromatic rings. The van der Waals surface area contributed by atoms with Gasteiger partial charge in [0.25, 0.3) is 5.91 Å². The van der Waals surface area contributed by atoms with Crippen molar-refractivity contribution in [3.05, 3.63) is 69.8 Å². The number of hydrogen-bond donors (Lipinski definition) is 1. The van der Waals surface area contributed by atoms with Gasteiger partial charge in [0.2, 0.25) is 0 Å². The minimum Gasteiger partial charge on any atom is -0.379 e. The topological polar surface area (TPSA) is 54.5 Å². The van der Waals surface area contributed by atoms with E-state index in [0.717, 1.165) is 29.2 Å². The molecule has 0 unspecified atom stereocenters. The Hall–Kier alpha value is -2.32. The molecule has 1 saturated heterocycles. The Morgan fingerprint density at radius 1 is 1.17 bits per heavy atom. The molecule has 150 valence electrons. The number of benzene rings is 2. The smallest absolute Gasteiger partial charge is 0.261 e. The third kappa shape index (κ3) is 4.64. The zero-order chi connectivity index (χ0) is 20.2. The van der Waals surface area contributed by atoms with E-state index < -0.39 is 11.7 Å². The minimum atomic E-state index is -0.664. The van der Waals surface area contributed by atoms with Crippen LogP contribution in [0.25, 0.3) is 11.3 Å². The third-order valence-electron chi connectivity index (χ3n) is 4.63. The Labute approximate surface area is 177 Å². The number of nitrogens with zero attached hydrogens (tertiary/aromatic N) is 2. The van der Waals surface area contributed by atoms with Crippen LogP contribution in [-0.4, -0.2) is 42.1 Å². The average Bonchev–Trinajstić information content (AvgIpc) is 3.11. The lowest BCUT2D eigenvalue weighted by Gasteiger charge is -2.26. The summed E-state index contributed by atoms with van der Waals surface area (Å²) < 4.78 is 19.5. The fourth-order valence-corrected chi connectivity index (χ4v) is 4.44. The summed E-state index contributed by atoms with van der Waals surface area (Å²) in [6.07, 6.45) is 0. The molecule has 1 aromatic heterocycles. The van der Waals surface area contributed by atoms with Gasteiger partial charge in [0.15, 0.2) is 5.13 Å². The van der Waals surface area contributed by atoms with Crippen LogP contribution in [0, 0.1) is 5.82 Å². The van der Waals surface area contributed by atoms with Crippen LogP contribution in [0.4, 0.5) is 9.52 Å². The molecule has 0 radical (unpaired) electrons. The highest BCUT2D eigenvalue weighted by atomic mass is 35.5. The molecule has 29 heavy (non-hydrogen) atoms. The summed E-state index contributed by atoms with van der Waals surface area (Å²) in [6.45, 7) is 3.81.